The molecular formula is C15H17NO3S. The Morgan fingerprint density at radius 3 is 2.65 bits per heavy atom. The van der Waals surface area contributed by atoms with Gasteiger partial charge in [-0.05, 0) is 30.2 Å². The molecule has 0 atom stereocenters. The summed E-state index contributed by atoms with van der Waals surface area (Å²) in [7, 11) is 0. The Labute approximate surface area is 122 Å². The molecule has 106 valence electrons. The number of carboxylic acids is 1. The summed E-state index contributed by atoms with van der Waals surface area (Å²) in [6, 6.07) is 7.71. The maximum absolute atomic E-state index is 10.6. The molecule has 0 aliphatic heterocycles. The molecule has 0 aliphatic rings. The van der Waals surface area contributed by atoms with Crippen LogP contribution in [0.2, 0.25) is 0 Å². The molecule has 0 amide bonds. The van der Waals surface area contributed by atoms with Crippen molar-refractivity contribution in [2.24, 2.45) is 5.92 Å². The Morgan fingerprint density at radius 2 is 2.05 bits per heavy atom. The quantitative estimate of drug-likeness (QED) is 0.885. The van der Waals surface area contributed by atoms with Crippen molar-refractivity contribution in [1.82, 2.24) is 4.98 Å². The van der Waals surface area contributed by atoms with Crippen LogP contribution in [0.5, 0.6) is 5.75 Å². The van der Waals surface area contributed by atoms with E-state index < -0.39 is 5.97 Å². The molecule has 0 radical (unpaired) electrons. The van der Waals surface area contributed by atoms with Gasteiger partial charge in [0.1, 0.15) is 10.8 Å². The van der Waals surface area contributed by atoms with E-state index in [1.807, 2.05) is 24.3 Å². The lowest BCUT2D eigenvalue weighted by Crippen LogP contribution is -2.04. The van der Waals surface area contributed by atoms with Crippen LogP contribution in [0.15, 0.2) is 30.5 Å². The Hall–Kier alpha value is -1.88. The Balaban J connectivity index is 2.05. The number of nitrogens with zero attached hydrogens (tertiary/aromatic N) is 1. The van der Waals surface area contributed by atoms with Gasteiger partial charge in [0, 0.05) is 16.6 Å². The predicted octanol–water partition coefficient (Wildman–Crippen LogP) is 3.47. The Morgan fingerprint density at radius 1 is 1.35 bits per heavy atom. The molecule has 1 N–H and O–H groups in total. The Bertz CT molecular complexity index is 575. The first-order chi connectivity index (χ1) is 9.54. The first-order valence-corrected chi connectivity index (χ1v) is 7.26. The van der Waals surface area contributed by atoms with E-state index in [0.29, 0.717) is 12.5 Å². The van der Waals surface area contributed by atoms with Crippen LogP contribution in [0.25, 0.3) is 10.6 Å². The van der Waals surface area contributed by atoms with Gasteiger partial charge in [0.2, 0.25) is 0 Å². The highest BCUT2D eigenvalue weighted by Gasteiger charge is 2.08. The van der Waals surface area contributed by atoms with Crippen molar-refractivity contribution in [3.8, 4) is 16.3 Å². The number of thiazole rings is 1. The first-order valence-electron chi connectivity index (χ1n) is 6.44. The van der Waals surface area contributed by atoms with E-state index in [2.05, 4.69) is 18.8 Å². The van der Waals surface area contributed by atoms with E-state index in [-0.39, 0.29) is 6.42 Å². The van der Waals surface area contributed by atoms with Gasteiger partial charge in [0.05, 0.1) is 13.0 Å². The van der Waals surface area contributed by atoms with E-state index in [9.17, 15) is 4.79 Å². The third-order valence-electron chi connectivity index (χ3n) is 2.56. The van der Waals surface area contributed by atoms with Crippen molar-refractivity contribution >= 4 is 17.3 Å². The molecule has 1 heterocycles. The third kappa shape index (κ3) is 4.06. The van der Waals surface area contributed by atoms with E-state index >= 15 is 0 Å². The van der Waals surface area contributed by atoms with Gasteiger partial charge in [0.25, 0.3) is 0 Å². The number of benzene rings is 1. The van der Waals surface area contributed by atoms with Gasteiger partial charge in [-0.15, -0.1) is 11.3 Å². The fourth-order valence-electron chi connectivity index (χ4n) is 1.63. The minimum atomic E-state index is -0.836. The molecule has 0 aliphatic carbocycles. The first kappa shape index (κ1) is 14.5. The predicted molar refractivity (Wildman–Crippen MR) is 79.2 cm³/mol. The zero-order chi connectivity index (χ0) is 14.5. The monoisotopic (exact) mass is 291 g/mol. The topological polar surface area (TPSA) is 59.4 Å². The van der Waals surface area contributed by atoms with Crippen LogP contribution in [0.3, 0.4) is 0 Å². The second-order valence-corrected chi connectivity index (χ2v) is 6.05. The maximum Gasteiger partial charge on any atom is 0.308 e. The van der Waals surface area contributed by atoms with Crippen molar-refractivity contribution in [3.63, 3.8) is 0 Å². The van der Waals surface area contributed by atoms with Crippen LogP contribution in [0.4, 0.5) is 0 Å². The molecule has 0 fully saturated rings. The number of ether oxygens (including phenoxy) is 1. The molecule has 2 rings (SSSR count). The number of hydrogen-bond donors (Lipinski definition) is 1. The van der Waals surface area contributed by atoms with Gasteiger partial charge in [0.15, 0.2) is 0 Å². The SMILES string of the molecule is CC(C)COc1ccc(-c2ncc(CC(=O)O)s2)cc1. The van der Waals surface area contributed by atoms with Crippen LogP contribution in [-0.4, -0.2) is 22.7 Å². The van der Waals surface area contributed by atoms with Gasteiger partial charge in [-0.3, -0.25) is 4.79 Å². The summed E-state index contributed by atoms with van der Waals surface area (Å²) in [6.45, 7) is 4.90. The van der Waals surface area contributed by atoms with E-state index in [1.165, 1.54) is 11.3 Å². The molecule has 20 heavy (non-hydrogen) atoms. The van der Waals surface area contributed by atoms with Crippen LogP contribution in [-0.2, 0) is 11.2 Å². The standard InChI is InChI=1S/C15H17NO3S/c1-10(2)9-19-12-5-3-11(4-6-12)15-16-8-13(20-15)7-14(17)18/h3-6,8,10H,7,9H2,1-2H3,(H,17,18). The number of aromatic nitrogens is 1. The van der Waals surface area contributed by atoms with Crippen LogP contribution in [0, 0.1) is 5.92 Å². The fraction of sp³-hybridized carbons (Fsp3) is 0.333. The minimum Gasteiger partial charge on any atom is -0.493 e. The zero-order valence-electron chi connectivity index (χ0n) is 11.5. The molecule has 2 aromatic rings. The summed E-state index contributed by atoms with van der Waals surface area (Å²) >= 11 is 1.41. The second kappa shape index (κ2) is 6.52. The van der Waals surface area contributed by atoms with E-state index in [4.69, 9.17) is 9.84 Å². The highest BCUT2D eigenvalue weighted by atomic mass is 32.1. The van der Waals surface area contributed by atoms with Gasteiger partial charge in [-0.2, -0.15) is 0 Å². The smallest absolute Gasteiger partial charge is 0.308 e. The Kier molecular flexibility index (Phi) is 4.74. The van der Waals surface area contributed by atoms with Crippen molar-refractivity contribution < 1.29 is 14.6 Å². The maximum atomic E-state index is 10.6. The van der Waals surface area contributed by atoms with Gasteiger partial charge >= 0.3 is 5.97 Å². The molecule has 4 nitrogen and oxygen atoms in total. The molecule has 1 aromatic heterocycles. The average Bonchev–Trinajstić information content (AvgIpc) is 2.84. The third-order valence-corrected chi connectivity index (χ3v) is 3.61. The van der Waals surface area contributed by atoms with Crippen molar-refractivity contribution in [3.05, 3.63) is 35.3 Å². The summed E-state index contributed by atoms with van der Waals surface area (Å²) in [5.74, 6) is 0.495. The molecule has 0 saturated heterocycles. The van der Waals surface area contributed by atoms with Crippen LogP contribution in [0.1, 0.15) is 18.7 Å². The summed E-state index contributed by atoms with van der Waals surface area (Å²) < 4.78 is 5.62. The average molecular weight is 291 g/mol. The summed E-state index contributed by atoms with van der Waals surface area (Å²) in [4.78, 5) is 15.7. The van der Waals surface area contributed by atoms with Crippen LogP contribution >= 0.6 is 11.3 Å². The number of carbonyl (C=O) groups is 1. The molecule has 1 aromatic carbocycles. The highest BCUT2D eigenvalue weighted by Crippen LogP contribution is 2.27. The number of carboxylic acid groups (broad SMARTS) is 1. The fourth-order valence-corrected chi connectivity index (χ4v) is 2.54. The molecular weight excluding hydrogens is 274 g/mol. The summed E-state index contributed by atoms with van der Waals surface area (Å²) in [6.07, 6.45) is 1.64. The number of aliphatic carboxylic acids is 1. The lowest BCUT2D eigenvalue weighted by molar-refractivity contribution is -0.136. The number of hydrogen-bond acceptors (Lipinski definition) is 4. The summed E-state index contributed by atoms with van der Waals surface area (Å²) in [5.41, 5.74) is 0.975. The summed E-state index contributed by atoms with van der Waals surface area (Å²) in [5, 5.41) is 9.58. The van der Waals surface area contributed by atoms with Crippen molar-refractivity contribution in [2.45, 2.75) is 20.3 Å². The normalized spacial score (nSPS) is 10.8. The van der Waals surface area contributed by atoms with Crippen LogP contribution < -0.4 is 4.74 Å². The molecule has 0 saturated carbocycles. The van der Waals surface area contributed by atoms with E-state index in [1.54, 1.807) is 6.20 Å². The van der Waals surface area contributed by atoms with Gasteiger partial charge in [-0.1, -0.05) is 13.8 Å². The van der Waals surface area contributed by atoms with Crippen molar-refractivity contribution in [2.75, 3.05) is 6.61 Å². The lowest BCUT2D eigenvalue weighted by Gasteiger charge is -2.08. The largest absolute Gasteiger partial charge is 0.493 e. The molecule has 0 bridgehead atoms. The van der Waals surface area contributed by atoms with E-state index in [0.717, 1.165) is 21.2 Å². The molecule has 0 unspecified atom stereocenters. The molecule has 0 spiro atoms. The van der Waals surface area contributed by atoms with Gasteiger partial charge in [-0.25, -0.2) is 4.98 Å². The molecule has 5 heteroatoms. The number of rotatable bonds is 6. The van der Waals surface area contributed by atoms with Crippen molar-refractivity contribution in [1.29, 1.82) is 0 Å². The van der Waals surface area contributed by atoms with Gasteiger partial charge < -0.3 is 9.84 Å². The highest BCUT2D eigenvalue weighted by molar-refractivity contribution is 7.15. The minimum absolute atomic E-state index is 0.0211. The second-order valence-electron chi connectivity index (χ2n) is 4.93. The zero-order valence-corrected chi connectivity index (χ0v) is 12.3. The lowest BCUT2D eigenvalue weighted by atomic mass is 10.2.